The first kappa shape index (κ1) is 16.0. The summed E-state index contributed by atoms with van der Waals surface area (Å²) in [5.41, 5.74) is 1.66. The van der Waals surface area contributed by atoms with E-state index in [1.807, 2.05) is 61.5 Å². The fraction of sp³-hybridized carbons (Fsp3) is 0.111. The predicted molar refractivity (Wildman–Crippen MR) is 99.8 cm³/mol. The molecule has 3 rings (SSSR count). The molecule has 1 amide bonds. The van der Waals surface area contributed by atoms with E-state index < -0.39 is 0 Å². The second-order valence-corrected chi connectivity index (χ2v) is 7.29. The summed E-state index contributed by atoms with van der Waals surface area (Å²) in [4.78, 5) is 17.9. The number of carbonyl (C=O) groups is 1. The summed E-state index contributed by atoms with van der Waals surface area (Å²) in [7, 11) is 0. The Kier molecular flexibility index (Phi) is 4.98. The molecule has 23 heavy (non-hydrogen) atoms. The van der Waals surface area contributed by atoms with E-state index in [9.17, 15) is 4.79 Å². The average molecular weight is 387 g/mol. The van der Waals surface area contributed by atoms with Crippen LogP contribution in [0.3, 0.4) is 0 Å². The number of hydrogen-bond acceptors (Lipinski definition) is 3. The molecule has 116 valence electrons. The Bertz CT molecular complexity index is 848. The Morgan fingerprint density at radius 1 is 1.13 bits per heavy atom. The third kappa shape index (κ3) is 3.74. The van der Waals surface area contributed by atoms with Crippen LogP contribution in [0, 0.1) is 0 Å². The van der Waals surface area contributed by atoms with E-state index in [2.05, 4.69) is 26.2 Å². The van der Waals surface area contributed by atoms with E-state index >= 15 is 0 Å². The molecule has 5 heteroatoms. The molecule has 0 aliphatic carbocycles. The standard InChI is InChI=1S/C18H15BrN2OS/c1-12(23-17-10-3-2-7-14(17)19)18(22)21-16-9-4-8-15-13(16)6-5-11-20-15/h2-12H,1H3,(H,21,22). The fourth-order valence-electron chi connectivity index (χ4n) is 2.23. The lowest BCUT2D eigenvalue weighted by atomic mass is 10.2. The molecule has 1 heterocycles. The van der Waals surface area contributed by atoms with Crippen LogP contribution in [0.15, 0.2) is 70.2 Å². The second-order valence-electron chi connectivity index (χ2n) is 5.06. The van der Waals surface area contributed by atoms with Crippen LogP contribution >= 0.6 is 27.7 Å². The van der Waals surface area contributed by atoms with Gasteiger partial charge in [-0.25, -0.2) is 0 Å². The lowest BCUT2D eigenvalue weighted by molar-refractivity contribution is -0.115. The number of hydrogen-bond donors (Lipinski definition) is 1. The molecule has 1 N–H and O–H groups in total. The van der Waals surface area contributed by atoms with Gasteiger partial charge in [-0.15, -0.1) is 11.8 Å². The van der Waals surface area contributed by atoms with Gasteiger partial charge < -0.3 is 5.32 Å². The predicted octanol–water partition coefficient (Wildman–Crippen LogP) is 5.12. The first-order valence-electron chi connectivity index (χ1n) is 7.21. The summed E-state index contributed by atoms with van der Waals surface area (Å²) >= 11 is 5.04. The number of fused-ring (bicyclic) bond motifs is 1. The first-order chi connectivity index (χ1) is 11.1. The number of pyridine rings is 1. The summed E-state index contributed by atoms with van der Waals surface area (Å²) in [6.07, 6.45) is 1.75. The van der Waals surface area contributed by atoms with E-state index in [4.69, 9.17) is 0 Å². The molecule has 0 spiro atoms. The zero-order valence-corrected chi connectivity index (χ0v) is 14.9. The topological polar surface area (TPSA) is 42.0 Å². The molecule has 1 unspecified atom stereocenters. The van der Waals surface area contributed by atoms with Crippen molar-refractivity contribution in [1.82, 2.24) is 4.98 Å². The average Bonchev–Trinajstić information content (AvgIpc) is 2.57. The highest BCUT2D eigenvalue weighted by atomic mass is 79.9. The van der Waals surface area contributed by atoms with Crippen molar-refractivity contribution in [1.29, 1.82) is 0 Å². The molecule has 0 aliphatic rings. The number of benzene rings is 2. The molecule has 0 fully saturated rings. The van der Waals surface area contributed by atoms with Gasteiger partial charge in [0.2, 0.25) is 5.91 Å². The molecule has 0 saturated heterocycles. The van der Waals surface area contributed by atoms with Gasteiger partial charge in [0.25, 0.3) is 0 Å². The van der Waals surface area contributed by atoms with Gasteiger partial charge in [0.1, 0.15) is 0 Å². The molecule has 0 aliphatic heterocycles. The zero-order chi connectivity index (χ0) is 16.2. The number of nitrogens with zero attached hydrogens (tertiary/aromatic N) is 1. The van der Waals surface area contributed by atoms with Gasteiger partial charge in [-0.05, 0) is 59.3 Å². The number of amides is 1. The number of nitrogens with one attached hydrogen (secondary N) is 1. The third-order valence-corrected chi connectivity index (χ3v) is 5.54. The van der Waals surface area contributed by atoms with E-state index in [1.165, 1.54) is 11.8 Å². The van der Waals surface area contributed by atoms with E-state index in [0.717, 1.165) is 26.0 Å². The maximum absolute atomic E-state index is 12.5. The van der Waals surface area contributed by atoms with Crippen molar-refractivity contribution in [3.63, 3.8) is 0 Å². The lowest BCUT2D eigenvalue weighted by Gasteiger charge is -2.14. The van der Waals surface area contributed by atoms with Crippen LogP contribution in [0.2, 0.25) is 0 Å². The van der Waals surface area contributed by atoms with Crippen molar-refractivity contribution in [2.45, 2.75) is 17.1 Å². The van der Waals surface area contributed by atoms with E-state index in [-0.39, 0.29) is 11.2 Å². The van der Waals surface area contributed by atoms with Crippen LogP contribution in [-0.4, -0.2) is 16.1 Å². The summed E-state index contributed by atoms with van der Waals surface area (Å²) in [5.74, 6) is -0.0258. The maximum atomic E-state index is 12.5. The third-order valence-electron chi connectivity index (χ3n) is 3.41. The number of thioether (sulfide) groups is 1. The van der Waals surface area contributed by atoms with Crippen LogP contribution in [0.25, 0.3) is 10.9 Å². The Labute approximate surface area is 147 Å². The molecule has 0 bridgehead atoms. The number of rotatable bonds is 4. The number of anilines is 1. The van der Waals surface area contributed by atoms with Crippen LogP contribution in [-0.2, 0) is 4.79 Å². The largest absolute Gasteiger partial charge is 0.324 e. The molecule has 1 aromatic heterocycles. The van der Waals surface area contributed by atoms with Crippen LogP contribution in [0.4, 0.5) is 5.69 Å². The highest BCUT2D eigenvalue weighted by Crippen LogP contribution is 2.31. The van der Waals surface area contributed by atoms with Gasteiger partial charge in [0.15, 0.2) is 0 Å². The van der Waals surface area contributed by atoms with E-state index in [0.29, 0.717) is 0 Å². The first-order valence-corrected chi connectivity index (χ1v) is 8.88. The Morgan fingerprint density at radius 2 is 1.96 bits per heavy atom. The molecular weight excluding hydrogens is 372 g/mol. The van der Waals surface area contributed by atoms with Gasteiger partial charge in [-0.3, -0.25) is 9.78 Å². The Balaban J connectivity index is 1.77. The van der Waals surface area contributed by atoms with Gasteiger partial charge in [-0.2, -0.15) is 0 Å². The highest BCUT2D eigenvalue weighted by Gasteiger charge is 2.16. The van der Waals surface area contributed by atoms with Crippen molar-refractivity contribution in [2.24, 2.45) is 0 Å². The van der Waals surface area contributed by atoms with Gasteiger partial charge in [0, 0.05) is 21.0 Å². The van der Waals surface area contributed by atoms with Crippen molar-refractivity contribution < 1.29 is 4.79 Å². The SMILES string of the molecule is CC(Sc1ccccc1Br)C(=O)Nc1cccc2ncccc12. The van der Waals surface area contributed by atoms with Gasteiger partial charge >= 0.3 is 0 Å². The highest BCUT2D eigenvalue weighted by molar-refractivity contribution is 9.10. The molecule has 3 aromatic rings. The van der Waals surface area contributed by atoms with Crippen molar-refractivity contribution >= 4 is 50.2 Å². The minimum atomic E-state index is -0.208. The maximum Gasteiger partial charge on any atom is 0.237 e. The van der Waals surface area contributed by atoms with Crippen molar-refractivity contribution in [2.75, 3.05) is 5.32 Å². The van der Waals surface area contributed by atoms with Gasteiger partial charge in [0.05, 0.1) is 16.5 Å². The smallest absolute Gasteiger partial charge is 0.237 e. The Morgan fingerprint density at radius 3 is 2.78 bits per heavy atom. The second kappa shape index (κ2) is 7.15. The quantitative estimate of drug-likeness (QED) is 0.632. The molecule has 1 atom stereocenters. The summed E-state index contributed by atoms with van der Waals surface area (Å²) < 4.78 is 0.999. The molecule has 2 aromatic carbocycles. The number of aromatic nitrogens is 1. The van der Waals surface area contributed by atoms with Crippen LogP contribution in [0.5, 0.6) is 0 Å². The van der Waals surface area contributed by atoms with Crippen LogP contribution in [0.1, 0.15) is 6.92 Å². The number of halogens is 1. The summed E-state index contributed by atoms with van der Waals surface area (Å²) in [6, 6.07) is 17.5. The van der Waals surface area contributed by atoms with Gasteiger partial charge in [-0.1, -0.05) is 18.2 Å². The zero-order valence-electron chi connectivity index (χ0n) is 12.5. The number of carbonyl (C=O) groups excluding carboxylic acids is 1. The minimum absolute atomic E-state index is 0.0258. The monoisotopic (exact) mass is 386 g/mol. The van der Waals surface area contributed by atoms with Crippen molar-refractivity contribution in [3.05, 3.63) is 65.3 Å². The minimum Gasteiger partial charge on any atom is -0.324 e. The summed E-state index contributed by atoms with van der Waals surface area (Å²) in [6.45, 7) is 1.91. The summed E-state index contributed by atoms with van der Waals surface area (Å²) in [5, 5.41) is 3.75. The Hall–Kier alpha value is -1.85. The molecule has 0 saturated carbocycles. The fourth-order valence-corrected chi connectivity index (χ4v) is 3.68. The lowest BCUT2D eigenvalue weighted by Crippen LogP contribution is -2.22. The van der Waals surface area contributed by atoms with Crippen LogP contribution < -0.4 is 5.32 Å². The van der Waals surface area contributed by atoms with Crippen molar-refractivity contribution in [3.8, 4) is 0 Å². The normalized spacial score (nSPS) is 12.1. The van der Waals surface area contributed by atoms with E-state index in [1.54, 1.807) is 6.20 Å². The molecular formula is C18H15BrN2OS. The molecule has 3 nitrogen and oxygen atoms in total. The molecule has 0 radical (unpaired) electrons.